The maximum Gasteiger partial charge on any atom is 0.126 e. The molecule has 0 aliphatic heterocycles. The average molecular weight is 291 g/mol. The molecule has 3 atom stereocenters. The van der Waals surface area contributed by atoms with E-state index in [1.165, 1.54) is 19.3 Å². The first-order chi connectivity index (χ1) is 9.99. The zero-order valence-corrected chi connectivity index (χ0v) is 13.5. The number of hydrogen-bond donors (Lipinski definition) is 3. The number of rotatable bonds is 5. The molecule has 0 radical (unpaired) electrons. The Morgan fingerprint density at radius 3 is 2.86 bits per heavy atom. The molecule has 118 valence electrons. The molecular weight excluding hydrogens is 262 g/mol. The van der Waals surface area contributed by atoms with Gasteiger partial charge in [0.05, 0.1) is 0 Å². The van der Waals surface area contributed by atoms with Crippen LogP contribution in [0.3, 0.4) is 0 Å². The number of aromatic nitrogens is 1. The molecular formula is C16H29N5. The van der Waals surface area contributed by atoms with E-state index in [1.54, 1.807) is 6.20 Å². The van der Waals surface area contributed by atoms with Crippen molar-refractivity contribution < 1.29 is 0 Å². The lowest BCUT2D eigenvalue weighted by Gasteiger charge is -2.50. The Kier molecular flexibility index (Phi) is 5.19. The van der Waals surface area contributed by atoms with Crippen molar-refractivity contribution in [2.24, 2.45) is 11.8 Å². The van der Waals surface area contributed by atoms with Crippen LogP contribution in [0.25, 0.3) is 0 Å². The van der Waals surface area contributed by atoms with Crippen LogP contribution in [0.15, 0.2) is 18.3 Å². The first-order valence-electron chi connectivity index (χ1n) is 7.82. The third-order valence-corrected chi connectivity index (χ3v) is 5.10. The van der Waals surface area contributed by atoms with Gasteiger partial charge in [-0.15, -0.1) is 0 Å². The number of nitrogen functional groups attached to an aromatic ring is 1. The fraction of sp³-hybridized carbons (Fsp3) is 0.688. The second-order valence-electron chi connectivity index (χ2n) is 6.67. The van der Waals surface area contributed by atoms with Crippen molar-refractivity contribution in [3.63, 3.8) is 0 Å². The molecule has 0 aromatic carbocycles. The van der Waals surface area contributed by atoms with Crippen LogP contribution in [-0.2, 0) is 6.42 Å². The van der Waals surface area contributed by atoms with Crippen LogP contribution in [0.1, 0.15) is 38.2 Å². The predicted octanol–water partition coefficient (Wildman–Crippen LogP) is 1.55. The highest BCUT2D eigenvalue weighted by atomic mass is 15.3. The average Bonchev–Trinajstić information content (AvgIpc) is 2.46. The standard InChI is InChI=1S/C16H29N5/c1-12-6-4-8-16(11-12,21(2)3)14(20-18)10-13-7-5-9-19-15(13)17/h5,7,9,12,14,20H,4,6,8,10-11,18H2,1-3H3,(H2,17,19). The highest BCUT2D eigenvalue weighted by Crippen LogP contribution is 2.39. The molecule has 1 aromatic heterocycles. The van der Waals surface area contributed by atoms with Gasteiger partial charge >= 0.3 is 0 Å². The zero-order chi connectivity index (χ0) is 15.5. The van der Waals surface area contributed by atoms with Crippen molar-refractivity contribution in [3.8, 4) is 0 Å². The minimum atomic E-state index is 0.0781. The Morgan fingerprint density at radius 2 is 2.29 bits per heavy atom. The molecule has 1 heterocycles. The SMILES string of the molecule is CC1CCCC(C(Cc2cccnc2N)NN)(N(C)C)C1. The van der Waals surface area contributed by atoms with Crippen molar-refractivity contribution in [1.29, 1.82) is 0 Å². The fourth-order valence-electron chi connectivity index (χ4n) is 3.85. The lowest BCUT2D eigenvalue weighted by molar-refractivity contribution is 0.0373. The zero-order valence-electron chi connectivity index (χ0n) is 13.5. The number of likely N-dealkylation sites (N-methyl/N-ethyl adjacent to an activating group) is 1. The second kappa shape index (κ2) is 6.73. The van der Waals surface area contributed by atoms with Gasteiger partial charge in [0.1, 0.15) is 5.82 Å². The van der Waals surface area contributed by atoms with E-state index in [4.69, 9.17) is 11.6 Å². The number of nitrogens with two attached hydrogens (primary N) is 2. The summed E-state index contributed by atoms with van der Waals surface area (Å²) in [7, 11) is 4.32. The molecule has 3 unspecified atom stereocenters. The number of hydrogen-bond acceptors (Lipinski definition) is 5. The Labute approximate surface area is 128 Å². The van der Waals surface area contributed by atoms with Gasteiger partial charge < -0.3 is 10.6 Å². The summed E-state index contributed by atoms with van der Waals surface area (Å²) in [6.07, 6.45) is 7.42. The highest BCUT2D eigenvalue weighted by Gasteiger charge is 2.43. The topological polar surface area (TPSA) is 80.2 Å². The van der Waals surface area contributed by atoms with Crippen LogP contribution >= 0.6 is 0 Å². The molecule has 5 N–H and O–H groups in total. The lowest BCUT2D eigenvalue weighted by atomic mass is 9.70. The van der Waals surface area contributed by atoms with Gasteiger partial charge in [-0.3, -0.25) is 11.3 Å². The van der Waals surface area contributed by atoms with Crippen LogP contribution < -0.4 is 17.0 Å². The maximum absolute atomic E-state index is 6.01. The molecule has 5 heteroatoms. The Bertz CT molecular complexity index is 462. The molecule has 5 nitrogen and oxygen atoms in total. The van der Waals surface area contributed by atoms with Crippen molar-refractivity contribution in [2.75, 3.05) is 19.8 Å². The van der Waals surface area contributed by atoms with Gasteiger partial charge in [0.15, 0.2) is 0 Å². The van der Waals surface area contributed by atoms with Crippen LogP contribution in [0, 0.1) is 5.92 Å². The number of anilines is 1. The Hall–Kier alpha value is -1.17. The van der Waals surface area contributed by atoms with Crippen LogP contribution in [-0.4, -0.2) is 35.6 Å². The monoisotopic (exact) mass is 291 g/mol. The smallest absolute Gasteiger partial charge is 0.126 e. The van der Waals surface area contributed by atoms with Crippen LogP contribution in [0.2, 0.25) is 0 Å². The number of nitrogens with zero attached hydrogens (tertiary/aromatic N) is 2. The van der Waals surface area contributed by atoms with Gasteiger partial charge in [0.25, 0.3) is 0 Å². The molecule has 21 heavy (non-hydrogen) atoms. The summed E-state index contributed by atoms with van der Waals surface area (Å²) < 4.78 is 0. The molecule has 0 spiro atoms. The molecule has 1 fully saturated rings. The molecule has 1 saturated carbocycles. The summed E-state index contributed by atoms with van der Waals surface area (Å²) in [6, 6.07) is 4.15. The minimum Gasteiger partial charge on any atom is -0.383 e. The summed E-state index contributed by atoms with van der Waals surface area (Å²) in [5.41, 5.74) is 10.2. The fourth-order valence-corrected chi connectivity index (χ4v) is 3.85. The van der Waals surface area contributed by atoms with E-state index in [0.717, 1.165) is 24.3 Å². The quantitative estimate of drug-likeness (QED) is 0.566. The molecule has 2 rings (SSSR count). The molecule has 0 bridgehead atoms. The summed E-state index contributed by atoms with van der Waals surface area (Å²) in [6.45, 7) is 2.34. The van der Waals surface area contributed by atoms with E-state index in [1.807, 2.05) is 12.1 Å². The van der Waals surface area contributed by atoms with Crippen molar-refractivity contribution in [1.82, 2.24) is 15.3 Å². The van der Waals surface area contributed by atoms with Gasteiger partial charge in [-0.2, -0.15) is 0 Å². The molecule has 0 saturated heterocycles. The van der Waals surface area contributed by atoms with Gasteiger partial charge in [-0.05, 0) is 50.9 Å². The normalized spacial score (nSPS) is 27.8. The number of nitrogens with one attached hydrogen (secondary N) is 1. The number of pyridine rings is 1. The molecule has 0 amide bonds. The molecule has 1 aliphatic rings. The predicted molar refractivity (Wildman–Crippen MR) is 87.5 cm³/mol. The van der Waals surface area contributed by atoms with E-state index < -0.39 is 0 Å². The van der Waals surface area contributed by atoms with Crippen molar-refractivity contribution >= 4 is 5.82 Å². The second-order valence-corrected chi connectivity index (χ2v) is 6.67. The van der Waals surface area contributed by atoms with Gasteiger partial charge in [-0.1, -0.05) is 25.8 Å². The highest BCUT2D eigenvalue weighted by molar-refractivity contribution is 5.39. The van der Waals surface area contributed by atoms with E-state index in [9.17, 15) is 0 Å². The number of hydrazine groups is 1. The summed E-state index contributed by atoms with van der Waals surface area (Å²) in [4.78, 5) is 6.54. The van der Waals surface area contributed by atoms with Crippen molar-refractivity contribution in [2.45, 2.75) is 50.6 Å². The largest absolute Gasteiger partial charge is 0.383 e. The first-order valence-corrected chi connectivity index (χ1v) is 7.82. The van der Waals surface area contributed by atoms with E-state index in [2.05, 4.69) is 36.3 Å². The summed E-state index contributed by atoms with van der Waals surface area (Å²) in [5, 5.41) is 0. The third-order valence-electron chi connectivity index (χ3n) is 5.10. The lowest BCUT2D eigenvalue weighted by Crippen LogP contribution is -2.63. The summed E-state index contributed by atoms with van der Waals surface area (Å²) >= 11 is 0. The molecule has 1 aromatic rings. The van der Waals surface area contributed by atoms with Gasteiger partial charge in [-0.25, -0.2) is 4.98 Å². The molecule has 1 aliphatic carbocycles. The summed E-state index contributed by atoms with van der Waals surface area (Å²) in [5.74, 6) is 7.26. The van der Waals surface area contributed by atoms with Crippen molar-refractivity contribution in [3.05, 3.63) is 23.9 Å². The maximum atomic E-state index is 6.01. The van der Waals surface area contributed by atoms with Gasteiger partial charge in [0.2, 0.25) is 0 Å². The van der Waals surface area contributed by atoms with Crippen LogP contribution in [0.5, 0.6) is 0 Å². The Morgan fingerprint density at radius 1 is 1.52 bits per heavy atom. The van der Waals surface area contributed by atoms with Crippen LogP contribution in [0.4, 0.5) is 5.82 Å². The minimum absolute atomic E-state index is 0.0781. The first kappa shape index (κ1) is 16.2. The van der Waals surface area contributed by atoms with Gasteiger partial charge in [0, 0.05) is 17.8 Å². The van der Waals surface area contributed by atoms with E-state index in [0.29, 0.717) is 5.82 Å². The third kappa shape index (κ3) is 3.36. The van der Waals surface area contributed by atoms with E-state index in [-0.39, 0.29) is 11.6 Å². The Balaban J connectivity index is 2.26. The van der Waals surface area contributed by atoms with E-state index >= 15 is 0 Å².